The molecule has 0 spiro atoms. The molecule has 5 nitrogen and oxygen atoms in total. The maximum absolute atomic E-state index is 11.3. The predicted molar refractivity (Wildman–Crippen MR) is 69.3 cm³/mol. The summed E-state index contributed by atoms with van der Waals surface area (Å²) in [6, 6.07) is 6.89. The van der Waals surface area contributed by atoms with Gasteiger partial charge in [-0.3, -0.25) is 0 Å². The molecule has 0 bridgehead atoms. The van der Waals surface area contributed by atoms with E-state index in [9.17, 15) is 9.59 Å². The molecule has 0 aliphatic rings. The fourth-order valence-electron chi connectivity index (χ4n) is 1.04. The summed E-state index contributed by atoms with van der Waals surface area (Å²) in [7, 11) is 0. The Labute approximate surface area is 113 Å². The number of carbonyl (C=O) groups is 2. The van der Waals surface area contributed by atoms with Gasteiger partial charge in [0.1, 0.15) is 12.4 Å². The van der Waals surface area contributed by atoms with Gasteiger partial charge < -0.3 is 14.8 Å². The van der Waals surface area contributed by atoms with Crippen molar-refractivity contribution in [3.05, 3.63) is 41.4 Å². The average molecular weight is 314 g/mol. The van der Waals surface area contributed by atoms with Gasteiger partial charge in [0.2, 0.25) is 0 Å². The summed E-state index contributed by atoms with van der Waals surface area (Å²) in [6.45, 7) is 3.49. The quantitative estimate of drug-likeness (QED) is 0.514. The van der Waals surface area contributed by atoms with Gasteiger partial charge in [-0.15, -0.1) is 0 Å². The smallest absolute Gasteiger partial charge is 0.412 e. The summed E-state index contributed by atoms with van der Waals surface area (Å²) in [4.78, 5) is 22.0. The second-order valence-corrected chi connectivity index (χ2v) is 4.06. The van der Waals surface area contributed by atoms with Gasteiger partial charge in [0, 0.05) is 10.5 Å². The van der Waals surface area contributed by atoms with Crippen molar-refractivity contribution in [3.8, 4) is 5.75 Å². The zero-order valence-electron chi connectivity index (χ0n) is 9.52. The fraction of sp³-hybridized carbons (Fsp3) is 0.167. The molecule has 0 unspecified atom stereocenters. The first kappa shape index (κ1) is 14.2. The largest absolute Gasteiger partial charge is 0.461 e. The number of ether oxygens (including phenoxy) is 2. The summed E-state index contributed by atoms with van der Waals surface area (Å²) in [5, 5.41) is 2.44. The van der Waals surface area contributed by atoms with Crippen LogP contribution in [0.5, 0.6) is 5.75 Å². The van der Waals surface area contributed by atoms with E-state index < -0.39 is 12.1 Å². The van der Waals surface area contributed by atoms with Gasteiger partial charge >= 0.3 is 12.1 Å². The van der Waals surface area contributed by atoms with Gasteiger partial charge in [-0.2, -0.15) is 0 Å². The monoisotopic (exact) mass is 313 g/mol. The highest BCUT2D eigenvalue weighted by molar-refractivity contribution is 9.10. The van der Waals surface area contributed by atoms with Crippen molar-refractivity contribution in [3.63, 3.8) is 0 Å². The normalized spacial score (nSPS) is 9.39. The van der Waals surface area contributed by atoms with Crippen LogP contribution in [0.4, 0.5) is 4.79 Å². The SMILES string of the molecule is C=CC(=O)OCCNC(=O)Oc1cccc(Br)c1. The molecule has 1 aromatic rings. The highest BCUT2D eigenvalue weighted by atomic mass is 79.9. The van der Waals surface area contributed by atoms with Crippen LogP contribution >= 0.6 is 15.9 Å². The molecular formula is C12H12BrNO4. The van der Waals surface area contributed by atoms with Crippen LogP contribution in [0, 0.1) is 0 Å². The molecule has 0 aromatic heterocycles. The van der Waals surface area contributed by atoms with E-state index in [-0.39, 0.29) is 13.2 Å². The third-order valence-electron chi connectivity index (χ3n) is 1.79. The number of benzene rings is 1. The van der Waals surface area contributed by atoms with Gasteiger partial charge in [-0.25, -0.2) is 9.59 Å². The van der Waals surface area contributed by atoms with Gasteiger partial charge in [0.05, 0.1) is 6.54 Å². The van der Waals surface area contributed by atoms with Crippen LogP contribution in [0.3, 0.4) is 0 Å². The molecule has 0 atom stereocenters. The Bertz CT molecular complexity index is 447. The van der Waals surface area contributed by atoms with Crippen LogP contribution in [-0.4, -0.2) is 25.2 Å². The van der Waals surface area contributed by atoms with Crippen molar-refractivity contribution in [2.45, 2.75) is 0 Å². The molecule has 0 aliphatic heterocycles. The minimum Gasteiger partial charge on any atom is -0.461 e. The topological polar surface area (TPSA) is 64.6 Å². The Hall–Kier alpha value is -1.82. The summed E-state index contributed by atoms with van der Waals surface area (Å²) < 4.78 is 10.5. The minimum atomic E-state index is -0.609. The molecular weight excluding hydrogens is 302 g/mol. The van der Waals surface area contributed by atoms with E-state index in [1.807, 2.05) is 6.07 Å². The van der Waals surface area contributed by atoms with Gasteiger partial charge in [0.25, 0.3) is 0 Å². The molecule has 0 saturated heterocycles. The van der Waals surface area contributed by atoms with E-state index in [0.717, 1.165) is 10.5 Å². The van der Waals surface area contributed by atoms with E-state index in [0.29, 0.717) is 5.75 Å². The molecule has 6 heteroatoms. The highest BCUT2D eigenvalue weighted by Gasteiger charge is 2.04. The zero-order valence-corrected chi connectivity index (χ0v) is 11.1. The molecule has 0 heterocycles. The third-order valence-corrected chi connectivity index (χ3v) is 2.28. The molecule has 1 amide bonds. The fourth-order valence-corrected chi connectivity index (χ4v) is 1.42. The molecule has 96 valence electrons. The number of hydrogen-bond donors (Lipinski definition) is 1. The Morgan fingerprint density at radius 1 is 1.44 bits per heavy atom. The van der Waals surface area contributed by atoms with Crippen molar-refractivity contribution in [1.29, 1.82) is 0 Å². The van der Waals surface area contributed by atoms with Crippen molar-refractivity contribution >= 4 is 28.0 Å². The summed E-state index contributed by atoms with van der Waals surface area (Å²) in [5.41, 5.74) is 0. The van der Waals surface area contributed by atoms with Gasteiger partial charge in [-0.1, -0.05) is 28.6 Å². The lowest BCUT2D eigenvalue weighted by Gasteiger charge is -2.06. The van der Waals surface area contributed by atoms with E-state index in [1.165, 1.54) is 0 Å². The summed E-state index contributed by atoms with van der Waals surface area (Å²) in [6.07, 6.45) is 0.447. The molecule has 18 heavy (non-hydrogen) atoms. The van der Waals surface area contributed by atoms with Crippen LogP contribution in [-0.2, 0) is 9.53 Å². The Balaban J connectivity index is 2.26. The third kappa shape index (κ3) is 5.49. The number of nitrogens with one attached hydrogen (secondary N) is 1. The van der Waals surface area contributed by atoms with Crippen LogP contribution < -0.4 is 10.1 Å². The first-order valence-electron chi connectivity index (χ1n) is 5.12. The number of halogens is 1. The van der Waals surface area contributed by atoms with E-state index in [1.54, 1.807) is 18.2 Å². The lowest BCUT2D eigenvalue weighted by Crippen LogP contribution is -2.30. The second kappa shape index (κ2) is 7.50. The predicted octanol–water partition coefficient (Wildman–Crippen LogP) is 2.27. The van der Waals surface area contributed by atoms with Crippen molar-refractivity contribution in [2.24, 2.45) is 0 Å². The second-order valence-electron chi connectivity index (χ2n) is 3.15. The zero-order chi connectivity index (χ0) is 13.4. The Morgan fingerprint density at radius 2 is 2.22 bits per heavy atom. The van der Waals surface area contributed by atoms with Crippen LogP contribution in [0.2, 0.25) is 0 Å². The van der Waals surface area contributed by atoms with Crippen LogP contribution in [0.15, 0.2) is 41.4 Å². The standard InChI is InChI=1S/C12H12BrNO4/c1-2-11(15)17-7-6-14-12(16)18-10-5-3-4-9(13)8-10/h2-5,8H,1,6-7H2,(H,14,16). The first-order valence-corrected chi connectivity index (χ1v) is 5.91. The molecule has 1 N–H and O–H groups in total. The number of rotatable bonds is 5. The summed E-state index contributed by atoms with van der Waals surface area (Å²) in [5.74, 6) is -0.109. The molecule has 1 rings (SSSR count). The number of carbonyl (C=O) groups excluding carboxylic acids is 2. The average Bonchev–Trinajstić information content (AvgIpc) is 2.34. The van der Waals surface area contributed by atoms with Gasteiger partial charge in [-0.05, 0) is 18.2 Å². The molecule has 0 radical (unpaired) electrons. The Kier molecular flexibility index (Phi) is 5.93. The molecule has 0 saturated carbocycles. The van der Waals surface area contributed by atoms with Crippen molar-refractivity contribution in [2.75, 3.05) is 13.2 Å². The summed E-state index contributed by atoms with van der Waals surface area (Å²) >= 11 is 3.26. The highest BCUT2D eigenvalue weighted by Crippen LogP contribution is 2.17. The Morgan fingerprint density at radius 3 is 2.89 bits per heavy atom. The lowest BCUT2D eigenvalue weighted by molar-refractivity contribution is -0.137. The number of esters is 1. The first-order chi connectivity index (χ1) is 8.61. The van der Waals surface area contributed by atoms with E-state index in [4.69, 9.17) is 4.74 Å². The maximum Gasteiger partial charge on any atom is 0.412 e. The lowest BCUT2D eigenvalue weighted by atomic mass is 10.3. The van der Waals surface area contributed by atoms with E-state index >= 15 is 0 Å². The molecule has 0 aliphatic carbocycles. The van der Waals surface area contributed by atoms with E-state index in [2.05, 4.69) is 32.6 Å². The minimum absolute atomic E-state index is 0.0679. The molecule has 0 fully saturated rings. The van der Waals surface area contributed by atoms with Crippen molar-refractivity contribution < 1.29 is 19.1 Å². The van der Waals surface area contributed by atoms with Crippen LogP contribution in [0.1, 0.15) is 0 Å². The number of hydrogen-bond acceptors (Lipinski definition) is 4. The van der Waals surface area contributed by atoms with Gasteiger partial charge in [0.15, 0.2) is 0 Å². The van der Waals surface area contributed by atoms with Crippen molar-refractivity contribution in [1.82, 2.24) is 5.32 Å². The maximum atomic E-state index is 11.3. The van der Waals surface area contributed by atoms with Crippen LogP contribution in [0.25, 0.3) is 0 Å². The number of amides is 1. The molecule has 1 aromatic carbocycles.